The normalized spacial score (nSPS) is 15.4. The quantitative estimate of drug-likeness (QED) is 0.0800. The van der Waals surface area contributed by atoms with Crippen molar-refractivity contribution in [3.8, 4) is 22.5 Å². The number of hydrogen-bond donors (Lipinski definition) is 0. The van der Waals surface area contributed by atoms with Crippen LogP contribution in [0.3, 0.4) is 0 Å². The molecule has 0 aromatic carbocycles. The fourth-order valence-electron chi connectivity index (χ4n) is 9.65. The van der Waals surface area contributed by atoms with Crippen LogP contribution in [0.2, 0.25) is 0 Å². The van der Waals surface area contributed by atoms with Gasteiger partial charge in [-0.1, -0.05) is 34.7 Å². The van der Waals surface area contributed by atoms with E-state index in [0.29, 0.717) is 58.8 Å². The van der Waals surface area contributed by atoms with Gasteiger partial charge in [0.05, 0.1) is 35.8 Å². The first-order valence-electron chi connectivity index (χ1n) is 25.4. The van der Waals surface area contributed by atoms with Crippen molar-refractivity contribution in [2.75, 3.05) is 61.9 Å². The number of hydrogen-bond acceptors (Lipinski definition) is 18. The van der Waals surface area contributed by atoms with Gasteiger partial charge in [0.15, 0.2) is 22.3 Å². The van der Waals surface area contributed by atoms with Crippen LogP contribution in [0.5, 0.6) is 0 Å². The number of halogens is 1. The molecule has 0 N–H and O–H groups in total. The summed E-state index contributed by atoms with van der Waals surface area (Å²) in [4.78, 5) is 123. The predicted octanol–water partition coefficient (Wildman–Crippen LogP) is 4.87. The van der Waals surface area contributed by atoms with Gasteiger partial charge in [0.25, 0.3) is 17.0 Å². The number of aryl methyl sites for hydroxylation is 2. The van der Waals surface area contributed by atoms with Crippen molar-refractivity contribution in [2.24, 2.45) is 28.2 Å². The first-order chi connectivity index (χ1) is 38.0. The zero-order valence-electron chi connectivity index (χ0n) is 45.7. The van der Waals surface area contributed by atoms with E-state index in [-0.39, 0.29) is 40.7 Å². The van der Waals surface area contributed by atoms with E-state index in [1.54, 1.807) is 67.7 Å². The third kappa shape index (κ3) is 11.7. The van der Waals surface area contributed by atoms with Crippen molar-refractivity contribution in [1.29, 1.82) is 0 Å². The molecule has 2 aliphatic heterocycles. The molecule has 0 radical (unpaired) electrons. The Morgan fingerprint density at radius 3 is 1.54 bits per heavy atom. The highest BCUT2D eigenvalue weighted by molar-refractivity contribution is 14.1. The van der Waals surface area contributed by atoms with E-state index in [0.717, 1.165) is 59.0 Å². The fourth-order valence-corrected chi connectivity index (χ4v) is 10.7. The molecule has 0 aliphatic carbocycles. The van der Waals surface area contributed by atoms with E-state index in [2.05, 4.69) is 76.1 Å². The van der Waals surface area contributed by atoms with Gasteiger partial charge in [-0.15, -0.1) is 23.5 Å². The smallest absolute Gasteiger partial charge is 0.332 e. The molecule has 79 heavy (non-hydrogen) atoms. The minimum atomic E-state index is -0.775. The summed E-state index contributed by atoms with van der Waals surface area (Å²) in [6.07, 6.45) is 18.2. The Morgan fingerprint density at radius 2 is 1.08 bits per heavy atom. The molecule has 0 saturated carbocycles. The van der Waals surface area contributed by atoms with Crippen LogP contribution in [0.25, 0.3) is 44.8 Å². The van der Waals surface area contributed by atoms with Crippen LogP contribution in [0, 0.1) is 0 Å². The summed E-state index contributed by atoms with van der Waals surface area (Å²) < 4.78 is 7.60. The summed E-state index contributed by atoms with van der Waals surface area (Å²) in [6.45, 7) is 7.83. The highest BCUT2D eigenvalue weighted by Crippen LogP contribution is 2.28. The molecule has 10 rings (SSSR count). The molecule has 3 atom stereocenters. The maximum Gasteiger partial charge on any atom is 0.332 e. The number of anilines is 4. The minimum absolute atomic E-state index is 0.137. The first-order valence-corrected chi connectivity index (χ1v) is 30.3. The van der Waals surface area contributed by atoms with Crippen LogP contribution < -0.4 is 42.1 Å². The van der Waals surface area contributed by atoms with Crippen LogP contribution in [0.4, 0.5) is 23.5 Å². The Morgan fingerprint density at radius 1 is 0.633 bits per heavy atom. The van der Waals surface area contributed by atoms with Crippen molar-refractivity contribution in [3.63, 3.8) is 0 Å². The Labute approximate surface area is 477 Å². The second-order valence-electron chi connectivity index (χ2n) is 19.1. The molecule has 2 saturated heterocycles. The standard InChI is InChI=1S/C26H31N9O3S.C25H29N9O3S.CH3I/c1-16-8-7-11-33(16)25-27-12-18(13-28-25)19-9-6-10-20(30-19)35(15-39-5)23(36)17(2)34-14-29-22-21(34)24(37)32(4)26(38)31(22)3;1-16-7-6-10-33(16)24-26-11-17(12-27-24)18-8-5-9-19(29-18)34(15-38-4)20(35)13-32-14-28-22-21(32)23(36)31(3)25(37)30(22)2;1-2/h6,9-10,12-14,16-17H,7-8,11,15H2,1-5H3;5,8-9,11-12,14,16H,6-7,10,13,15H2,1-4H3;1H3/t16-,17+;16-;/m11./s1. The average Bonchev–Trinajstić information content (AvgIpc) is 4.32. The minimum Gasteiger partial charge on any atom is -0.338 e. The number of amides is 2. The fraction of sp³-hybridized carbons (Fsp3) is 0.423. The molecule has 0 spiro atoms. The van der Waals surface area contributed by atoms with Gasteiger partial charge in [-0.25, -0.2) is 49.5 Å². The molecule has 416 valence electrons. The van der Waals surface area contributed by atoms with Crippen molar-refractivity contribution in [3.05, 3.63) is 116 Å². The molecule has 2 amide bonds. The lowest BCUT2D eigenvalue weighted by atomic mass is 10.2. The van der Waals surface area contributed by atoms with Crippen LogP contribution in [0.15, 0.2) is 93.0 Å². The molecule has 10 heterocycles. The number of aromatic nitrogens is 14. The summed E-state index contributed by atoms with van der Waals surface area (Å²) in [5, 5.41) is 0. The summed E-state index contributed by atoms with van der Waals surface area (Å²) in [7, 11) is 5.90. The van der Waals surface area contributed by atoms with Crippen LogP contribution in [-0.4, -0.2) is 133 Å². The molecule has 2 aliphatic rings. The van der Waals surface area contributed by atoms with Crippen molar-refractivity contribution in [1.82, 2.24) is 67.3 Å². The van der Waals surface area contributed by atoms with Gasteiger partial charge < -0.3 is 18.9 Å². The van der Waals surface area contributed by atoms with Crippen LogP contribution in [0.1, 0.15) is 52.5 Å². The number of carbonyl (C=O) groups is 2. The maximum atomic E-state index is 13.8. The monoisotopic (exact) mass is 1230 g/mol. The lowest BCUT2D eigenvalue weighted by Gasteiger charge is -2.25. The van der Waals surface area contributed by atoms with Gasteiger partial charge in [0.1, 0.15) is 24.2 Å². The van der Waals surface area contributed by atoms with E-state index >= 15 is 0 Å². The predicted molar refractivity (Wildman–Crippen MR) is 319 cm³/mol. The zero-order valence-corrected chi connectivity index (χ0v) is 49.5. The van der Waals surface area contributed by atoms with E-state index in [4.69, 9.17) is 9.97 Å². The Bertz CT molecular complexity index is 3750. The number of pyridine rings is 2. The average molecular weight is 1230 g/mol. The summed E-state index contributed by atoms with van der Waals surface area (Å²) >= 11 is 5.10. The Balaban J connectivity index is 0.000000202. The van der Waals surface area contributed by atoms with E-state index in [9.17, 15) is 28.8 Å². The highest BCUT2D eigenvalue weighted by Gasteiger charge is 2.29. The van der Waals surface area contributed by atoms with Crippen molar-refractivity contribution in [2.45, 2.75) is 71.1 Å². The van der Waals surface area contributed by atoms with E-state index in [1.807, 2.05) is 41.7 Å². The third-order valence-corrected chi connectivity index (χ3v) is 15.1. The van der Waals surface area contributed by atoms with Gasteiger partial charge in [0, 0.05) is 89.3 Å². The topological polar surface area (TPSA) is 248 Å². The molecule has 8 aromatic rings. The summed E-state index contributed by atoms with van der Waals surface area (Å²) in [5.41, 5.74) is 1.69. The number of alkyl halides is 1. The largest absolute Gasteiger partial charge is 0.338 e. The first kappa shape index (κ1) is 57.9. The maximum absolute atomic E-state index is 13.8. The molecule has 0 unspecified atom stereocenters. The summed E-state index contributed by atoms with van der Waals surface area (Å²) in [6, 6.07) is 11.0. The number of rotatable bonds is 14. The van der Waals surface area contributed by atoms with E-state index < -0.39 is 28.5 Å². The van der Waals surface area contributed by atoms with Gasteiger partial charge in [-0.2, -0.15) is 0 Å². The zero-order chi connectivity index (χ0) is 56.8. The Kier molecular flexibility index (Phi) is 18.5. The van der Waals surface area contributed by atoms with Crippen molar-refractivity contribution >= 4 is 104 Å². The second-order valence-corrected chi connectivity index (χ2v) is 20.7. The lowest BCUT2D eigenvalue weighted by Crippen LogP contribution is -2.40. The van der Waals surface area contributed by atoms with Gasteiger partial charge in [-0.3, -0.25) is 47.2 Å². The van der Waals surface area contributed by atoms with E-state index in [1.165, 1.54) is 68.5 Å². The molecule has 27 heteroatoms. The highest BCUT2D eigenvalue weighted by atomic mass is 127. The number of carbonyl (C=O) groups excluding carboxylic acids is 2. The van der Waals surface area contributed by atoms with Gasteiger partial charge in [-0.05, 0) is 88.2 Å². The second kappa shape index (κ2) is 25.2. The van der Waals surface area contributed by atoms with Crippen LogP contribution in [-0.2, 0) is 44.3 Å². The molecular formula is C52H63IN18O6S2. The third-order valence-electron chi connectivity index (χ3n) is 14.1. The summed E-state index contributed by atoms with van der Waals surface area (Å²) in [5.74, 6) is 2.55. The number of thioether (sulfide) groups is 2. The molecule has 2 fully saturated rings. The van der Waals surface area contributed by atoms with Gasteiger partial charge >= 0.3 is 11.4 Å². The molecule has 0 bridgehead atoms. The molecular weight excluding hydrogens is 1160 g/mol. The Hall–Kier alpha value is -7.27. The number of nitrogens with zero attached hydrogens (tertiary/aromatic N) is 18. The SMILES string of the molecule is CI.CSCN(C(=O)Cn1cnc2c1c(=O)n(C)c(=O)n2C)c1cccc(-c2cnc(N3CCC[C@H]3C)nc2)n1.CSCN(C(=O)[C@H](C)n1cnc2c1c(=O)n(C)c(=O)n2C)c1cccc(-c2cnc(N3CCC[C@H]3C)nc2)n1. The number of fused-ring (bicyclic) bond motifs is 2. The van der Waals surface area contributed by atoms with Gasteiger partial charge in [0.2, 0.25) is 17.8 Å². The van der Waals surface area contributed by atoms with Crippen molar-refractivity contribution < 1.29 is 9.59 Å². The van der Waals surface area contributed by atoms with Crippen LogP contribution >= 0.6 is 46.1 Å². The lowest BCUT2D eigenvalue weighted by molar-refractivity contribution is -0.121. The molecule has 24 nitrogen and oxygen atoms in total. The molecule has 8 aromatic heterocycles. The number of imidazole rings is 2.